The number of hydrogen-bond donors (Lipinski definition) is 0. The molecule has 118 valence electrons. The molecule has 2 fully saturated rings. The Balaban J connectivity index is 2.32. The summed E-state index contributed by atoms with van der Waals surface area (Å²) in [6.45, 7) is 0. The molecule has 3 unspecified atom stereocenters. The van der Waals surface area contributed by atoms with Crippen LogP contribution in [0.2, 0.25) is 0 Å². The molecule has 0 bridgehead atoms. The van der Waals surface area contributed by atoms with Gasteiger partial charge in [0.2, 0.25) is 18.2 Å². The lowest BCUT2D eigenvalue weighted by atomic mass is 9.68. The molecule has 0 radical (unpaired) electrons. The first-order chi connectivity index (χ1) is 10.8. The minimum Gasteiger partial charge on any atom is -0.211 e. The Morgan fingerprint density at radius 2 is 1.59 bits per heavy atom. The minimum atomic E-state index is -0.773. The fraction of sp³-hybridized carbons (Fsp3) is 0.812. The second kappa shape index (κ2) is 7.95. The number of aliphatic imine (C=N–C) groups is 3. The smallest absolute Gasteiger partial charge is 0.211 e. The second-order valence-corrected chi connectivity index (χ2v) is 6.36. The predicted molar refractivity (Wildman–Crippen MR) is 79.7 cm³/mol. The maximum absolute atomic E-state index is 11.0. The summed E-state index contributed by atoms with van der Waals surface area (Å²) >= 11 is 0. The van der Waals surface area contributed by atoms with Crippen LogP contribution in [0.5, 0.6) is 0 Å². The predicted octanol–water partition coefficient (Wildman–Crippen LogP) is 2.62. The van der Waals surface area contributed by atoms with Crippen molar-refractivity contribution < 1.29 is 14.4 Å². The van der Waals surface area contributed by atoms with E-state index in [4.69, 9.17) is 0 Å². The average Bonchev–Trinajstić information content (AvgIpc) is 2.52. The molecule has 6 heteroatoms. The summed E-state index contributed by atoms with van der Waals surface area (Å²) in [7, 11) is 0. The summed E-state index contributed by atoms with van der Waals surface area (Å²) < 4.78 is 0. The van der Waals surface area contributed by atoms with Gasteiger partial charge in [0.25, 0.3) is 0 Å². The molecular weight excluding hydrogens is 282 g/mol. The summed E-state index contributed by atoms with van der Waals surface area (Å²) in [6.07, 6.45) is 13.4. The third-order valence-electron chi connectivity index (χ3n) is 5.07. The van der Waals surface area contributed by atoms with Crippen LogP contribution in [0.25, 0.3) is 0 Å². The molecule has 2 aliphatic carbocycles. The van der Waals surface area contributed by atoms with Crippen LogP contribution < -0.4 is 0 Å². The van der Waals surface area contributed by atoms with Crippen molar-refractivity contribution in [2.24, 2.45) is 20.9 Å². The van der Waals surface area contributed by atoms with Crippen molar-refractivity contribution in [3.63, 3.8) is 0 Å². The van der Waals surface area contributed by atoms with Crippen LogP contribution in [0.15, 0.2) is 15.0 Å². The summed E-state index contributed by atoms with van der Waals surface area (Å²) in [5.74, 6) is 0.467. The molecule has 0 saturated heterocycles. The lowest BCUT2D eigenvalue weighted by Gasteiger charge is -2.42. The van der Waals surface area contributed by atoms with E-state index < -0.39 is 17.6 Å². The van der Waals surface area contributed by atoms with Gasteiger partial charge in [0.1, 0.15) is 6.04 Å². The molecule has 0 aromatic carbocycles. The van der Waals surface area contributed by atoms with E-state index in [1.54, 1.807) is 18.2 Å². The van der Waals surface area contributed by atoms with Crippen molar-refractivity contribution in [3.8, 4) is 0 Å². The van der Waals surface area contributed by atoms with Gasteiger partial charge in [0.05, 0.1) is 11.6 Å². The van der Waals surface area contributed by atoms with Crippen molar-refractivity contribution in [2.75, 3.05) is 0 Å². The van der Waals surface area contributed by atoms with E-state index in [2.05, 4.69) is 15.0 Å². The maximum Gasteiger partial charge on any atom is 0.235 e. The van der Waals surface area contributed by atoms with Crippen molar-refractivity contribution in [1.29, 1.82) is 0 Å². The molecule has 6 nitrogen and oxygen atoms in total. The topological polar surface area (TPSA) is 88.3 Å². The summed E-state index contributed by atoms with van der Waals surface area (Å²) in [5, 5.41) is 0. The largest absolute Gasteiger partial charge is 0.235 e. The lowest BCUT2D eigenvalue weighted by molar-refractivity contribution is 0.171. The van der Waals surface area contributed by atoms with Gasteiger partial charge in [-0.05, 0) is 31.6 Å². The third-order valence-corrected chi connectivity index (χ3v) is 5.07. The van der Waals surface area contributed by atoms with Crippen LogP contribution in [-0.2, 0) is 14.4 Å². The molecule has 2 saturated carbocycles. The van der Waals surface area contributed by atoms with Gasteiger partial charge in [-0.1, -0.05) is 32.1 Å². The van der Waals surface area contributed by atoms with Crippen molar-refractivity contribution in [2.45, 2.75) is 75.4 Å². The normalized spacial score (nSPS) is 32.2. The van der Waals surface area contributed by atoms with E-state index in [1.165, 1.54) is 19.3 Å². The molecule has 0 aromatic heterocycles. The number of rotatable bonds is 5. The Hall–Kier alpha value is -1.86. The molecule has 22 heavy (non-hydrogen) atoms. The van der Waals surface area contributed by atoms with E-state index >= 15 is 0 Å². The first-order valence-electron chi connectivity index (χ1n) is 7.99. The Morgan fingerprint density at radius 3 is 2.23 bits per heavy atom. The van der Waals surface area contributed by atoms with Crippen LogP contribution in [0.4, 0.5) is 0 Å². The SMILES string of the molecule is O=C=NC1CCCC(CC2CCCCC2)(N=C=O)C1N=C=O. The first-order valence-corrected chi connectivity index (χ1v) is 7.99. The fourth-order valence-electron chi connectivity index (χ4n) is 4.12. The highest BCUT2D eigenvalue weighted by atomic mass is 16.1. The molecule has 2 rings (SSSR count). The molecule has 2 aliphatic rings. The van der Waals surface area contributed by atoms with Gasteiger partial charge in [-0.25, -0.2) is 19.4 Å². The summed E-state index contributed by atoms with van der Waals surface area (Å²) in [6, 6.07) is -1.06. The Kier molecular flexibility index (Phi) is 5.97. The van der Waals surface area contributed by atoms with Crippen molar-refractivity contribution in [3.05, 3.63) is 0 Å². The Morgan fingerprint density at radius 1 is 0.864 bits per heavy atom. The van der Waals surface area contributed by atoms with Gasteiger partial charge in [-0.2, -0.15) is 9.98 Å². The first kappa shape index (κ1) is 16.5. The summed E-state index contributed by atoms with van der Waals surface area (Å²) in [5.41, 5.74) is -0.773. The van der Waals surface area contributed by atoms with Crippen LogP contribution in [0.1, 0.15) is 57.8 Å². The molecular formula is C16H21N3O3. The highest BCUT2D eigenvalue weighted by Gasteiger charge is 2.48. The molecule has 0 heterocycles. The zero-order valence-electron chi connectivity index (χ0n) is 12.7. The van der Waals surface area contributed by atoms with E-state index in [9.17, 15) is 14.4 Å². The lowest BCUT2D eigenvalue weighted by Crippen LogP contribution is -2.50. The van der Waals surface area contributed by atoms with Crippen LogP contribution >= 0.6 is 0 Å². The zero-order chi connectivity index (χ0) is 15.8. The van der Waals surface area contributed by atoms with E-state index in [0.29, 0.717) is 25.2 Å². The van der Waals surface area contributed by atoms with Crippen LogP contribution in [0.3, 0.4) is 0 Å². The molecule has 0 amide bonds. The van der Waals surface area contributed by atoms with Gasteiger partial charge in [-0.3, -0.25) is 0 Å². The quantitative estimate of drug-likeness (QED) is 0.577. The molecule has 0 spiro atoms. The third kappa shape index (κ3) is 3.66. The standard InChI is InChI=1S/C16H21N3O3/c20-10-17-14-7-4-8-16(19-12-22,15(14)18-11-21)9-13-5-2-1-3-6-13/h13-15H,1-9H2. The van der Waals surface area contributed by atoms with Crippen molar-refractivity contribution >= 4 is 18.2 Å². The monoisotopic (exact) mass is 303 g/mol. The van der Waals surface area contributed by atoms with Crippen LogP contribution in [0, 0.1) is 5.92 Å². The molecule has 0 aliphatic heterocycles. The molecule has 0 N–H and O–H groups in total. The number of hydrogen-bond acceptors (Lipinski definition) is 6. The van der Waals surface area contributed by atoms with Crippen molar-refractivity contribution in [1.82, 2.24) is 0 Å². The van der Waals surface area contributed by atoms with Crippen LogP contribution in [-0.4, -0.2) is 35.9 Å². The number of carbonyl (C=O) groups excluding carboxylic acids is 3. The Labute approximate surface area is 129 Å². The van der Waals surface area contributed by atoms with Gasteiger partial charge in [-0.15, -0.1) is 0 Å². The minimum absolute atomic E-state index is 0.451. The maximum atomic E-state index is 11.0. The highest BCUT2D eigenvalue weighted by molar-refractivity contribution is 5.40. The molecule has 0 aromatic rings. The van der Waals surface area contributed by atoms with E-state index in [-0.39, 0.29) is 0 Å². The van der Waals surface area contributed by atoms with Gasteiger partial charge >= 0.3 is 0 Å². The van der Waals surface area contributed by atoms with Gasteiger partial charge in [0.15, 0.2) is 0 Å². The number of nitrogens with zero attached hydrogens (tertiary/aromatic N) is 3. The molecule has 3 atom stereocenters. The number of isocyanates is 3. The Bertz CT molecular complexity index is 525. The average molecular weight is 303 g/mol. The second-order valence-electron chi connectivity index (χ2n) is 6.36. The van der Waals surface area contributed by atoms with E-state index in [1.807, 2.05) is 0 Å². The van der Waals surface area contributed by atoms with E-state index in [0.717, 1.165) is 19.3 Å². The highest BCUT2D eigenvalue weighted by Crippen LogP contribution is 2.42. The fourth-order valence-corrected chi connectivity index (χ4v) is 4.12. The zero-order valence-corrected chi connectivity index (χ0v) is 12.7. The van der Waals surface area contributed by atoms with Gasteiger partial charge < -0.3 is 0 Å². The summed E-state index contributed by atoms with van der Waals surface area (Å²) in [4.78, 5) is 44.2. The van der Waals surface area contributed by atoms with Gasteiger partial charge in [0, 0.05) is 0 Å².